The van der Waals surface area contributed by atoms with Gasteiger partial charge in [0.25, 0.3) is 0 Å². The zero-order valence-electron chi connectivity index (χ0n) is 11.9. The minimum atomic E-state index is -1.08. The molecule has 0 amide bonds. The van der Waals surface area contributed by atoms with Crippen LogP contribution in [0.5, 0.6) is 0 Å². The molecule has 0 aliphatic carbocycles. The predicted octanol–water partition coefficient (Wildman–Crippen LogP) is 1.06. The molecule has 1 heterocycles. The first-order chi connectivity index (χ1) is 8.36. The van der Waals surface area contributed by atoms with Gasteiger partial charge in [-0.25, -0.2) is 0 Å². The largest absolute Gasteiger partial charge is 0.387 e. The Labute approximate surface area is 109 Å². The van der Waals surface area contributed by atoms with Crippen molar-refractivity contribution >= 4 is 0 Å². The van der Waals surface area contributed by atoms with Crippen LogP contribution >= 0.6 is 0 Å². The lowest BCUT2D eigenvalue weighted by Gasteiger charge is -2.43. The Morgan fingerprint density at radius 3 is 2.00 bits per heavy atom. The van der Waals surface area contributed by atoms with Gasteiger partial charge in [0.1, 0.15) is 18.3 Å². The van der Waals surface area contributed by atoms with Crippen molar-refractivity contribution in [2.45, 2.75) is 84.0 Å². The van der Waals surface area contributed by atoms with Gasteiger partial charge in [-0.1, -0.05) is 6.92 Å². The summed E-state index contributed by atoms with van der Waals surface area (Å²) in [7, 11) is 0. The normalized spacial score (nSPS) is 37.5. The minimum absolute atomic E-state index is 0.0305. The summed E-state index contributed by atoms with van der Waals surface area (Å²) >= 11 is 0. The third-order valence-corrected chi connectivity index (χ3v) is 2.88. The van der Waals surface area contributed by atoms with Crippen molar-refractivity contribution in [3.63, 3.8) is 0 Å². The third-order valence-electron chi connectivity index (χ3n) is 2.88. The van der Waals surface area contributed by atoms with Gasteiger partial charge in [0.15, 0.2) is 6.29 Å². The molecule has 2 N–H and O–H groups in total. The maximum Gasteiger partial charge on any atom is 0.186 e. The van der Waals surface area contributed by atoms with E-state index in [0.29, 0.717) is 6.42 Å². The highest BCUT2D eigenvalue weighted by molar-refractivity contribution is 4.90. The summed E-state index contributed by atoms with van der Waals surface area (Å²) in [6.45, 7) is 9.46. The molecule has 18 heavy (non-hydrogen) atoms. The fraction of sp³-hybridized carbons (Fsp3) is 1.00. The van der Waals surface area contributed by atoms with E-state index in [2.05, 4.69) is 0 Å². The molecule has 0 spiro atoms. The van der Waals surface area contributed by atoms with E-state index < -0.39 is 24.6 Å². The number of rotatable bonds is 5. The SMILES string of the molecule is CCC1OC(OC(C)C)C(O)C(O)C1OC(C)C. The van der Waals surface area contributed by atoms with Gasteiger partial charge in [0.05, 0.1) is 18.3 Å². The monoisotopic (exact) mass is 262 g/mol. The predicted molar refractivity (Wildman–Crippen MR) is 67.2 cm³/mol. The minimum Gasteiger partial charge on any atom is -0.387 e. The number of aliphatic hydroxyl groups excluding tert-OH is 2. The van der Waals surface area contributed by atoms with Gasteiger partial charge in [-0.15, -0.1) is 0 Å². The Balaban J connectivity index is 2.74. The van der Waals surface area contributed by atoms with Gasteiger partial charge < -0.3 is 24.4 Å². The maximum atomic E-state index is 10.1. The summed E-state index contributed by atoms with van der Waals surface area (Å²) < 4.78 is 16.8. The van der Waals surface area contributed by atoms with Crippen molar-refractivity contribution in [3.05, 3.63) is 0 Å². The average Bonchev–Trinajstić information content (AvgIpc) is 2.27. The molecule has 0 aromatic carbocycles. The van der Waals surface area contributed by atoms with E-state index in [4.69, 9.17) is 14.2 Å². The van der Waals surface area contributed by atoms with Gasteiger partial charge in [0.2, 0.25) is 0 Å². The molecular formula is C13H26O5. The number of hydrogen-bond donors (Lipinski definition) is 2. The van der Waals surface area contributed by atoms with Crippen molar-refractivity contribution in [2.24, 2.45) is 0 Å². The van der Waals surface area contributed by atoms with Crippen LogP contribution in [0.15, 0.2) is 0 Å². The van der Waals surface area contributed by atoms with Crippen LogP contribution < -0.4 is 0 Å². The molecule has 0 bridgehead atoms. The zero-order valence-corrected chi connectivity index (χ0v) is 11.9. The fourth-order valence-corrected chi connectivity index (χ4v) is 2.10. The second-order valence-electron chi connectivity index (χ2n) is 5.27. The van der Waals surface area contributed by atoms with Crippen LogP contribution in [0.2, 0.25) is 0 Å². The lowest BCUT2D eigenvalue weighted by atomic mass is 9.97. The Bertz CT molecular complexity index is 242. The number of ether oxygens (including phenoxy) is 3. The summed E-state index contributed by atoms with van der Waals surface area (Å²) in [5, 5.41) is 20.1. The van der Waals surface area contributed by atoms with Gasteiger partial charge in [-0.2, -0.15) is 0 Å². The summed E-state index contributed by atoms with van der Waals surface area (Å²) in [6, 6.07) is 0. The van der Waals surface area contributed by atoms with E-state index in [1.165, 1.54) is 0 Å². The van der Waals surface area contributed by atoms with E-state index in [9.17, 15) is 10.2 Å². The number of hydrogen-bond acceptors (Lipinski definition) is 5. The topological polar surface area (TPSA) is 68.2 Å². The molecule has 0 saturated carbocycles. The first-order valence-corrected chi connectivity index (χ1v) is 6.69. The van der Waals surface area contributed by atoms with Crippen molar-refractivity contribution in [1.82, 2.24) is 0 Å². The summed E-state index contributed by atoms with van der Waals surface area (Å²) in [4.78, 5) is 0. The summed E-state index contributed by atoms with van der Waals surface area (Å²) in [6.07, 6.45) is -3.06. The molecule has 0 radical (unpaired) electrons. The molecule has 0 aromatic heterocycles. The Morgan fingerprint density at radius 1 is 1.00 bits per heavy atom. The van der Waals surface area contributed by atoms with Crippen LogP contribution in [-0.2, 0) is 14.2 Å². The molecule has 5 heteroatoms. The van der Waals surface area contributed by atoms with Crippen LogP contribution in [0.3, 0.4) is 0 Å². The van der Waals surface area contributed by atoms with Gasteiger partial charge in [0, 0.05) is 0 Å². The molecule has 5 unspecified atom stereocenters. The first kappa shape index (κ1) is 15.9. The molecular weight excluding hydrogens is 236 g/mol. The Morgan fingerprint density at radius 2 is 1.56 bits per heavy atom. The van der Waals surface area contributed by atoms with Crippen molar-refractivity contribution < 1.29 is 24.4 Å². The molecule has 0 aromatic rings. The molecule has 5 atom stereocenters. The fourth-order valence-electron chi connectivity index (χ4n) is 2.10. The summed E-state index contributed by atoms with van der Waals surface area (Å²) in [5.74, 6) is 0. The van der Waals surface area contributed by atoms with E-state index in [-0.39, 0.29) is 18.3 Å². The highest BCUT2D eigenvalue weighted by Gasteiger charge is 2.45. The third kappa shape index (κ3) is 3.90. The summed E-state index contributed by atoms with van der Waals surface area (Å²) in [5.41, 5.74) is 0. The lowest BCUT2D eigenvalue weighted by Crippen LogP contribution is -2.59. The number of aliphatic hydroxyl groups is 2. The van der Waals surface area contributed by atoms with E-state index >= 15 is 0 Å². The molecule has 1 rings (SSSR count). The Kier molecular flexibility index (Phi) is 6.01. The Hall–Kier alpha value is -0.200. The standard InChI is InChI=1S/C13H26O5/c1-6-9-12(16-7(2)3)10(14)11(15)13(18-9)17-8(4)5/h7-15H,6H2,1-5H3. The van der Waals surface area contributed by atoms with Crippen LogP contribution in [0, 0.1) is 0 Å². The maximum absolute atomic E-state index is 10.1. The lowest BCUT2D eigenvalue weighted by molar-refractivity contribution is -0.314. The molecule has 5 nitrogen and oxygen atoms in total. The quantitative estimate of drug-likeness (QED) is 0.775. The molecule has 1 saturated heterocycles. The average molecular weight is 262 g/mol. The smallest absolute Gasteiger partial charge is 0.186 e. The highest BCUT2D eigenvalue weighted by atomic mass is 16.7. The van der Waals surface area contributed by atoms with Crippen molar-refractivity contribution in [3.8, 4) is 0 Å². The van der Waals surface area contributed by atoms with E-state index in [1.807, 2.05) is 34.6 Å². The van der Waals surface area contributed by atoms with Gasteiger partial charge in [-0.3, -0.25) is 0 Å². The van der Waals surface area contributed by atoms with Crippen LogP contribution in [0.4, 0.5) is 0 Å². The first-order valence-electron chi connectivity index (χ1n) is 6.69. The van der Waals surface area contributed by atoms with Crippen LogP contribution in [0.25, 0.3) is 0 Å². The van der Waals surface area contributed by atoms with Crippen LogP contribution in [-0.4, -0.2) is 53.1 Å². The van der Waals surface area contributed by atoms with Crippen molar-refractivity contribution in [1.29, 1.82) is 0 Å². The molecule has 1 aliphatic rings. The molecule has 1 fully saturated rings. The van der Waals surface area contributed by atoms with Gasteiger partial charge in [-0.05, 0) is 34.1 Å². The van der Waals surface area contributed by atoms with Gasteiger partial charge >= 0.3 is 0 Å². The van der Waals surface area contributed by atoms with E-state index in [0.717, 1.165) is 0 Å². The van der Waals surface area contributed by atoms with Crippen LogP contribution in [0.1, 0.15) is 41.0 Å². The zero-order chi connectivity index (χ0) is 13.9. The second kappa shape index (κ2) is 6.82. The molecule has 108 valence electrons. The van der Waals surface area contributed by atoms with E-state index in [1.54, 1.807) is 0 Å². The van der Waals surface area contributed by atoms with Crippen molar-refractivity contribution in [2.75, 3.05) is 0 Å². The highest BCUT2D eigenvalue weighted by Crippen LogP contribution is 2.27. The second-order valence-corrected chi connectivity index (χ2v) is 5.27. The molecule has 1 aliphatic heterocycles.